The number of nitrogens with zero attached hydrogens (tertiary/aromatic N) is 1. The third-order valence-corrected chi connectivity index (χ3v) is 5.36. The molecule has 0 aromatic heterocycles. The number of carbonyl (C=O) groups excluding carboxylic acids is 1. The van der Waals surface area contributed by atoms with E-state index in [1.165, 1.54) is 0 Å². The molecule has 0 heterocycles. The lowest BCUT2D eigenvalue weighted by Gasteiger charge is -2.14. The standard InChI is InChI=1S/C25H24BrClN2O3/c1-2-31-23-15-20(16-28-29-24(30)13-10-18-6-4-3-5-7-18)14-22(26)25(23)32-17-19-8-11-21(27)12-9-19/h3-9,11-12,14-16H,2,10,13,17H2,1H3,(H,29,30)/b28-16-. The van der Waals surface area contributed by atoms with Crippen LogP contribution >= 0.6 is 27.5 Å². The Morgan fingerprint density at radius 2 is 1.81 bits per heavy atom. The van der Waals surface area contributed by atoms with E-state index in [2.05, 4.69) is 26.5 Å². The molecular formula is C25H24BrClN2O3. The number of aryl methyl sites for hydroxylation is 1. The van der Waals surface area contributed by atoms with Crippen molar-refractivity contribution < 1.29 is 14.3 Å². The van der Waals surface area contributed by atoms with Crippen LogP contribution in [-0.2, 0) is 17.8 Å². The van der Waals surface area contributed by atoms with E-state index < -0.39 is 0 Å². The third kappa shape index (κ3) is 7.39. The molecule has 0 bridgehead atoms. The van der Waals surface area contributed by atoms with E-state index in [0.717, 1.165) is 21.2 Å². The van der Waals surface area contributed by atoms with Gasteiger partial charge in [-0.15, -0.1) is 0 Å². The summed E-state index contributed by atoms with van der Waals surface area (Å²) in [5.74, 6) is 1.05. The van der Waals surface area contributed by atoms with Gasteiger partial charge in [0.05, 0.1) is 17.3 Å². The first-order valence-corrected chi connectivity index (χ1v) is 11.4. The summed E-state index contributed by atoms with van der Waals surface area (Å²) in [4.78, 5) is 12.1. The number of hydrazone groups is 1. The Morgan fingerprint density at radius 1 is 1.06 bits per heavy atom. The van der Waals surface area contributed by atoms with Crippen molar-refractivity contribution in [3.8, 4) is 11.5 Å². The molecule has 0 aliphatic rings. The van der Waals surface area contributed by atoms with Gasteiger partial charge in [-0.2, -0.15) is 5.10 Å². The van der Waals surface area contributed by atoms with E-state index in [9.17, 15) is 4.79 Å². The van der Waals surface area contributed by atoms with E-state index in [-0.39, 0.29) is 5.91 Å². The van der Waals surface area contributed by atoms with Crippen molar-refractivity contribution in [2.75, 3.05) is 6.61 Å². The van der Waals surface area contributed by atoms with E-state index in [1.807, 2.05) is 73.7 Å². The van der Waals surface area contributed by atoms with E-state index in [1.54, 1.807) is 6.21 Å². The van der Waals surface area contributed by atoms with Gasteiger partial charge in [0.2, 0.25) is 5.91 Å². The summed E-state index contributed by atoms with van der Waals surface area (Å²) in [6.07, 6.45) is 2.62. The van der Waals surface area contributed by atoms with Crippen LogP contribution in [-0.4, -0.2) is 18.7 Å². The van der Waals surface area contributed by atoms with Gasteiger partial charge >= 0.3 is 0 Å². The first kappa shape index (κ1) is 23.8. The highest BCUT2D eigenvalue weighted by Gasteiger charge is 2.12. The Bertz CT molecular complexity index is 1060. The largest absolute Gasteiger partial charge is 0.490 e. The molecule has 0 saturated heterocycles. The van der Waals surface area contributed by atoms with Crippen LogP contribution in [0.1, 0.15) is 30.0 Å². The number of rotatable bonds is 10. The smallest absolute Gasteiger partial charge is 0.240 e. The van der Waals surface area contributed by atoms with Crippen LogP contribution in [0.15, 0.2) is 76.3 Å². The van der Waals surface area contributed by atoms with E-state index in [0.29, 0.717) is 42.6 Å². The van der Waals surface area contributed by atoms with Gasteiger partial charge < -0.3 is 9.47 Å². The van der Waals surface area contributed by atoms with Crippen molar-refractivity contribution in [1.82, 2.24) is 5.43 Å². The minimum atomic E-state index is -0.142. The molecule has 3 aromatic carbocycles. The summed E-state index contributed by atoms with van der Waals surface area (Å²) in [7, 11) is 0. The molecule has 0 saturated carbocycles. The SMILES string of the molecule is CCOc1cc(/C=N\NC(=O)CCc2ccccc2)cc(Br)c1OCc1ccc(Cl)cc1. The lowest BCUT2D eigenvalue weighted by atomic mass is 10.1. The number of nitrogens with one attached hydrogen (secondary N) is 1. The van der Waals surface area contributed by atoms with Gasteiger partial charge in [0, 0.05) is 11.4 Å². The van der Waals surface area contributed by atoms with Crippen molar-refractivity contribution in [1.29, 1.82) is 0 Å². The summed E-state index contributed by atoms with van der Waals surface area (Å²) in [6, 6.07) is 21.0. The van der Waals surface area contributed by atoms with Gasteiger partial charge in [-0.05, 0) is 70.2 Å². The molecule has 1 N–H and O–H groups in total. The van der Waals surface area contributed by atoms with Gasteiger partial charge in [0.25, 0.3) is 0 Å². The molecule has 3 aromatic rings. The van der Waals surface area contributed by atoms with Crippen molar-refractivity contribution in [3.63, 3.8) is 0 Å². The molecule has 7 heteroatoms. The van der Waals surface area contributed by atoms with E-state index in [4.69, 9.17) is 21.1 Å². The average molecular weight is 516 g/mol. The second kappa shape index (κ2) is 12.3. The minimum Gasteiger partial charge on any atom is -0.490 e. The van der Waals surface area contributed by atoms with Crippen LogP contribution in [0.25, 0.3) is 0 Å². The first-order chi connectivity index (χ1) is 15.5. The Balaban J connectivity index is 1.61. The minimum absolute atomic E-state index is 0.142. The highest BCUT2D eigenvalue weighted by atomic mass is 79.9. The Labute approximate surface area is 201 Å². The number of hydrogen-bond acceptors (Lipinski definition) is 4. The number of amides is 1. The molecule has 0 fully saturated rings. The van der Waals surface area contributed by atoms with Crippen molar-refractivity contribution in [2.45, 2.75) is 26.4 Å². The van der Waals surface area contributed by atoms with Crippen LogP contribution in [0.4, 0.5) is 0 Å². The molecule has 5 nitrogen and oxygen atoms in total. The number of carbonyl (C=O) groups is 1. The normalized spacial score (nSPS) is 10.8. The van der Waals surface area contributed by atoms with Crippen molar-refractivity contribution in [3.05, 3.63) is 92.9 Å². The average Bonchev–Trinajstić information content (AvgIpc) is 2.79. The van der Waals surface area contributed by atoms with Crippen LogP contribution in [0.2, 0.25) is 5.02 Å². The number of ether oxygens (including phenoxy) is 2. The van der Waals surface area contributed by atoms with Gasteiger partial charge in [0.15, 0.2) is 11.5 Å². The summed E-state index contributed by atoms with van der Waals surface area (Å²) >= 11 is 9.49. The monoisotopic (exact) mass is 514 g/mol. The van der Waals surface area contributed by atoms with Crippen LogP contribution in [0, 0.1) is 0 Å². The number of hydrogen-bond donors (Lipinski definition) is 1. The fraction of sp³-hybridized carbons (Fsp3) is 0.200. The van der Waals surface area contributed by atoms with Crippen LogP contribution in [0.5, 0.6) is 11.5 Å². The third-order valence-electron chi connectivity index (χ3n) is 4.51. The van der Waals surface area contributed by atoms with Crippen LogP contribution in [0.3, 0.4) is 0 Å². The Kier molecular flexibility index (Phi) is 9.13. The van der Waals surface area contributed by atoms with Crippen LogP contribution < -0.4 is 14.9 Å². The zero-order chi connectivity index (χ0) is 22.8. The molecule has 0 aliphatic heterocycles. The summed E-state index contributed by atoms with van der Waals surface area (Å²) in [5.41, 5.74) is 5.45. The predicted octanol–water partition coefficient (Wildman–Crippen LogP) is 6.16. The summed E-state index contributed by atoms with van der Waals surface area (Å²) < 4.78 is 12.5. The molecule has 0 radical (unpaired) electrons. The fourth-order valence-corrected chi connectivity index (χ4v) is 3.64. The molecule has 0 spiro atoms. The van der Waals surface area contributed by atoms with Crippen molar-refractivity contribution in [2.24, 2.45) is 5.10 Å². The first-order valence-electron chi connectivity index (χ1n) is 10.2. The van der Waals surface area contributed by atoms with Gasteiger partial charge in [0.1, 0.15) is 6.61 Å². The molecule has 166 valence electrons. The van der Waals surface area contributed by atoms with Gasteiger partial charge in [-0.3, -0.25) is 4.79 Å². The molecular weight excluding hydrogens is 492 g/mol. The zero-order valence-corrected chi connectivity index (χ0v) is 20.0. The lowest BCUT2D eigenvalue weighted by Crippen LogP contribution is -2.17. The quantitative estimate of drug-likeness (QED) is 0.260. The predicted molar refractivity (Wildman–Crippen MR) is 132 cm³/mol. The molecule has 0 unspecified atom stereocenters. The summed E-state index contributed by atoms with van der Waals surface area (Å²) in [5, 5.41) is 4.75. The molecule has 1 amide bonds. The molecule has 3 rings (SSSR count). The summed E-state index contributed by atoms with van der Waals surface area (Å²) in [6.45, 7) is 2.77. The number of benzene rings is 3. The molecule has 32 heavy (non-hydrogen) atoms. The second-order valence-electron chi connectivity index (χ2n) is 6.96. The lowest BCUT2D eigenvalue weighted by molar-refractivity contribution is -0.121. The Hall–Kier alpha value is -2.83. The second-order valence-corrected chi connectivity index (χ2v) is 8.25. The topological polar surface area (TPSA) is 59.9 Å². The highest BCUT2D eigenvalue weighted by molar-refractivity contribution is 9.10. The van der Waals surface area contributed by atoms with E-state index >= 15 is 0 Å². The highest BCUT2D eigenvalue weighted by Crippen LogP contribution is 2.37. The zero-order valence-electron chi connectivity index (χ0n) is 17.7. The molecule has 0 aliphatic carbocycles. The maximum absolute atomic E-state index is 12.1. The maximum Gasteiger partial charge on any atom is 0.240 e. The Morgan fingerprint density at radius 3 is 2.53 bits per heavy atom. The van der Waals surface area contributed by atoms with Gasteiger partial charge in [-0.1, -0.05) is 54.1 Å². The van der Waals surface area contributed by atoms with Gasteiger partial charge in [-0.25, -0.2) is 5.43 Å². The van der Waals surface area contributed by atoms with Crippen molar-refractivity contribution >= 4 is 39.7 Å². The fourth-order valence-electron chi connectivity index (χ4n) is 2.94. The maximum atomic E-state index is 12.1. The molecule has 0 atom stereocenters. The number of halogens is 2.